The van der Waals surface area contributed by atoms with Crippen molar-refractivity contribution in [2.24, 2.45) is 5.84 Å². The molecule has 1 unspecified atom stereocenters. The van der Waals surface area contributed by atoms with Crippen molar-refractivity contribution in [3.8, 4) is 17.2 Å². The van der Waals surface area contributed by atoms with Gasteiger partial charge < -0.3 is 19.3 Å². The summed E-state index contributed by atoms with van der Waals surface area (Å²) in [4.78, 5) is 16.1. The smallest absolute Gasteiger partial charge is 0.265 e. The van der Waals surface area contributed by atoms with Crippen molar-refractivity contribution in [1.82, 2.24) is 15.2 Å². The molecule has 166 valence electrons. The second-order valence-electron chi connectivity index (χ2n) is 7.73. The highest BCUT2D eigenvalue weighted by atomic mass is 16.7. The number of nitrogens with one attached hydrogen (secondary N) is 1. The molecule has 31 heavy (non-hydrogen) atoms. The van der Waals surface area contributed by atoms with Gasteiger partial charge in [0, 0.05) is 44.8 Å². The summed E-state index contributed by atoms with van der Waals surface area (Å²) in [5.74, 6) is 6.98. The molecule has 2 aromatic rings. The number of nitrogens with zero attached hydrogens (tertiary/aromatic N) is 2. The lowest BCUT2D eigenvalue weighted by Gasteiger charge is -2.35. The summed E-state index contributed by atoms with van der Waals surface area (Å²) in [5.41, 5.74) is 3.75. The molecule has 1 atom stereocenters. The number of benzene rings is 2. The summed E-state index contributed by atoms with van der Waals surface area (Å²) in [6.45, 7) is 5.58. The maximum atomic E-state index is 11.4. The predicted molar refractivity (Wildman–Crippen MR) is 114 cm³/mol. The first-order chi connectivity index (χ1) is 15.1. The van der Waals surface area contributed by atoms with E-state index in [9.17, 15) is 9.90 Å². The van der Waals surface area contributed by atoms with E-state index in [-0.39, 0.29) is 12.5 Å². The zero-order valence-corrected chi connectivity index (χ0v) is 17.3. The van der Waals surface area contributed by atoms with Crippen LogP contribution < -0.4 is 25.5 Å². The molecule has 1 saturated heterocycles. The van der Waals surface area contributed by atoms with E-state index in [1.54, 1.807) is 24.3 Å². The minimum atomic E-state index is -0.590. The summed E-state index contributed by atoms with van der Waals surface area (Å²) < 4.78 is 16.5. The highest BCUT2D eigenvalue weighted by Crippen LogP contribution is 2.32. The number of nitrogens with two attached hydrogens (primary N) is 1. The molecule has 2 aromatic carbocycles. The highest BCUT2D eigenvalue weighted by molar-refractivity contribution is 5.93. The number of rotatable bonds is 8. The van der Waals surface area contributed by atoms with E-state index in [2.05, 4.69) is 21.3 Å². The van der Waals surface area contributed by atoms with E-state index < -0.39 is 6.10 Å². The second-order valence-corrected chi connectivity index (χ2v) is 7.73. The molecule has 2 aliphatic heterocycles. The Morgan fingerprint density at radius 2 is 1.77 bits per heavy atom. The van der Waals surface area contributed by atoms with E-state index in [0.29, 0.717) is 24.7 Å². The Morgan fingerprint density at radius 1 is 1.06 bits per heavy atom. The van der Waals surface area contributed by atoms with Crippen molar-refractivity contribution in [2.45, 2.75) is 12.6 Å². The quantitative estimate of drug-likeness (QED) is 0.318. The van der Waals surface area contributed by atoms with Gasteiger partial charge in [-0.05, 0) is 42.0 Å². The number of fused-ring (bicyclic) bond motifs is 1. The first-order valence-corrected chi connectivity index (χ1v) is 10.4. The molecule has 2 aliphatic rings. The summed E-state index contributed by atoms with van der Waals surface area (Å²) in [6, 6.07) is 12.7. The Kier molecular flexibility index (Phi) is 6.88. The standard InChI is InChI=1S/C22H28N4O5/c23-24-22(28)17-2-4-19(5-3-17)29-14-18(27)13-26-9-7-25(8-10-26)12-16-1-6-20-21(11-16)31-15-30-20/h1-6,11,18,27H,7-10,12-15,23H2,(H,24,28). The Bertz CT molecular complexity index is 884. The number of carbonyl (C=O) groups is 1. The van der Waals surface area contributed by atoms with Crippen LogP contribution in [0.3, 0.4) is 0 Å². The number of hydrogen-bond acceptors (Lipinski definition) is 8. The molecule has 1 fully saturated rings. The molecular weight excluding hydrogens is 400 g/mol. The molecule has 0 radical (unpaired) electrons. The molecule has 0 bridgehead atoms. The molecule has 4 N–H and O–H groups in total. The number of nitrogen functional groups attached to an aromatic ring is 1. The maximum Gasteiger partial charge on any atom is 0.265 e. The molecule has 1 amide bonds. The Labute approximate surface area is 181 Å². The number of ether oxygens (including phenoxy) is 3. The van der Waals surface area contributed by atoms with Crippen molar-refractivity contribution in [1.29, 1.82) is 0 Å². The van der Waals surface area contributed by atoms with Gasteiger partial charge in [-0.1, -0.05) is 6.07 Å². The Balaban J connectivity index is 1.17. The van der Waals surface area contributed by atoms with Crippen molar-refractivity contribution in [3.63, 3.8) is 0 Å². The number of aliphatic hydroxyl groups excluding tert-OH is 1. The van der Waals surface area contributed by atoms with Gasteiger partial charge in [0.05, 0.1) is 0 Å². The molecule has 2 heterocycles. The van der Waals surface area contributed by atoms with Gasteiger partial charge >= 0.3 is 0 Å². The van der Waals surface area contributed by atoms with E-state index in [4.69, 9.17) is 20.1 Å². The van der Waals surface area contributed by atoms with Gasteiger partial charge in [0.25, 0.3) is 5.91 Å². The van der Waals surface area contributed by atoms with Gasteiger partial charge in [-0.3, -0.25) is 20.0 Å². The molecule has 0 aliphatic carbocycles. The minimum Gasteiger partial charge on any atom is -0.491 e. The summed E-state index contributed by atoms with van der Waals surface area (Å²) >= 11 is 0. The fraction of sp³-hybridized carbons (Fsp3) is 0.409. The molecule has 0 saturated carbocycles. The van der Waals surface area contributed by atoms with Crippen LogP contribution in [0.5, 0.6) is 17.2 Å². The average Bonchev–Trinajstić information content (AvgIpc) is 3.27. The SMILES string of the molecule is NNC(=O)c1ccc(OCC(O)CN2CCN(Cc3ccc4c(c3)OCO4)CC2)cc1. The van der Waals surface area contributed by atoms with Crippen LogP contribution in [-0.2, 0) is 6.54 Å². The van der Waals surface area contributed by atoms with Crippen LogP contribution in [-0.4, -0.2) is 73.0 Å². The van der Waals surface area contributed by atoms with E-state index >= 15 is 0 Å². The molecule has 9 heteroatoms. The van der Waals surface area contributed by atoms with Gasteiger partial charge in [-0.25, -0.2) is 5.84 Å². The van der Waals surface area contributed by atoms with Gasteiger partial charge in [0.1, 0.15) is 18.5 Å². The number of aliphatic hydroxyl groups is 1. The topological polar surface area (TPSA) is 110 Å². The summed E-state index contributed by atoms with van der Waals surface area (Å²) in [5, 5.41) is 10.3. The third-order valence-electron chi connectivity index (χ3n) is 5.47. The van der Waals surface area contributed by atoms with Gasteiger partial charge in [0.15, 0.2) is 11.5 Å². The van der Waals surface area contributed by atoms with Crippen LogP contribution >= 0.6 is 0 Å². The molecule has 4 rings (SSSR count). The minimum absolute atomic E-state index is 0.194. The third kappa shape index (κ3) is 5.65. The van der Waals surface area contributed by atoms with E-state index in [1.807, 2.05) is 12.1 Å². The summed E-state index contributed by atoms with van der Waals surface area (Å²) in [7, 11) is 0. The largest absolute Gasteiger partial charge is 0.491 e. The molecule has 0 aromatic heterocycles. The van der Waals surface area contributed by atoms with E-state index in [1.165, 1.54) is 5.56 Å². The molecule has 9 nitrogen and oxygen atoms in total. The zero-order valence-electron chi connectivity index (χ0n) is 17.3. The Morgan fingerprint density at radius 3 is 2.52 bits per heavy atom. The van der Waals surface area contributed by atoms with Crippen LogP contribution in [0, 0.1) is 0 Å². The monoisotopic (exact) mass is 428 g/mol. The third-order valence-corrected chi connectivity index (χ3v) is 5.47. The van der Waals surface area contributed by atoms with Gasteiger partial charge in [0.2, 0.25) is 6.79 Å². The number of carbonyl (C=O) groups excluding carboxylic acids is 1. The van der Waals surface area contributed by atoms with Crippen LogP contribution in [0.1, 0.15) is 15.9 Å². The molecule has 0 spiro atoms. The van der Waals surface area contributed by atoms with Crippen LogP contribution in [0.25, 0.3) is 0 Å². The maximum absolute atomic E-state index is 11.4. The summed E-state index contributed by atoms with van der Waals surface area (Å²) in [6.07, 6.45) is -0.590. The average molecular weight is 428 g/mol. The second kappa shape index (κ2) is 9.97. The van der Waals surface area contributed by atoms with Crippen molar-refractivity contribution in [2.75, 3.05) is 46.1 Å². The Hall–Kier alpha value is -2.85. The van der Waals surface area contributed by atoms with Crippen LogP contribution in [0.15, 0.2) is 42.5 Å². The fourth-order valence-corrected chi connectivity index (χ4v) is 3.76. The van der Waals surface area contributed by atoms with Crippen molar-refractivity contribution in [3.05, 3.63) is 53.6 Å². The number of hydrazine groups is 1. The van der Waals surface area contributed by atoms with Crippen LogP contribution in [0.4, 0.5) is 0 Å². The number of hydrogen-bond donors (Lipinski definition) is 3. The van der Waals surface area contributed by atoms with Gasteiger partial charge in [-0.2, -0.15) is 0 Å². The lowest BCUT2D eigenvalue weighted by atomic mass is 10.1. The predicted octanol–water partition coefficient (Wildman–Crippen LogP) is 0.576. The first kappa shape index (κ1) is 21.4. The number of amides is 1. The highest BCUT2D eigenvalue weighted by Gasteiger charge is 2.21. The fourth-order valence-electron chi connectivity index (χ4n) is 3.76. The van der Waals surface area contributed by atoms with Crippen molar-refractivity contribution < 1.29 is 24.1 Å². The first-order valence-electron chi connectivity index (χ1n) is 10.4. The number of piperazine rings is 1. The van der Waals surface area contributed by atoms with E-state index in [0.717, 1.165) is 44.2 Å². The number of β-amino-alcohol motifs (C(OH)–C–C–N with tert-alkyl or cyclic N) is 1. The normalized spacial score (nSPS) is 17.4. The van der Waals surface area contributed by atoms with Gasteiger partial charge in [-0.15, -0.1) is 0 Å². The lowest BCUT2D eigenvalue weighted by Crippen LogP contribution is -2.48. The molecular formula is C22H28N4O5. The van der Waals surface area contributed by atoms with Crippen LogP contribution in [0.2, 0.25) is 0 Å². The lowest BCUT2D eigenvalue weighted by molar-refractivity contribution is 0.0446. The zero-order chi connectivity index (χ0) is 21.6. The van der Waals surface area contributed by atoms with Crippen molar-refractivity contribution >= 4 is 5.91 Å².